The molecule has 0 nitrogen and oxygen atoms in total. The van der Waals surface area contributed by atoms with Gasteiger partial charge in [-0.2, -0.15) is 0 Å². The van der Waals surface area contributed by atoms with Crippen molar-refractivity contribution in [3.8, 4) is 0 Å². The lowest BCUT2D eigenvalue weighted by Gasteiger charge is -2.16. The van der Waals surface area contributed by atoms with Gasteiger partial charge in [0.05, 0.1) is 0 Å². The highest BCUT2D eigenvalue weighted by Gasteiger charge is 2.08. The highest BCUT2D eigenvalue weighted by Crippen LogP contribution is 2.24. The van der Waals surface area contributed by atoms with Gasteiger partial charge in [-0.25, -0.2) is 0 Å². The fraction of sp³-hybridized carbons (Fsp3) is 1.00. The van der Waals surface area contributed by atoms with E-state index in [1.165, 1.54) is 212 Å². The van der Waals surface area contributed by atoms with Crippen molar-refractivity contribution in [2.75, 3.05) is 0 Å². The zero-order valence-electron chi connectivity index (χ0n) is 24.9. The van der Waals surface area contributed by atoms with Gasteiger partial charge in [0.1, 0.15) is 0 Å². The third-order valence-corrected chi connectivity index (χ3v) is 8.94. The predicted molar refractivity (Wildman–Crippen MR) is 162 cm³/mol. The van der Waals surface area contributed by atoms with E-state index >= 15 is 0 Å². The summed E-state index contributed by atoms with van der Waals surface area (Å²) in [7, 11) is 0. The second kappa shape index (κ2) is 28.6. The van der Waals surface area contributed by atoms with Crippen molar-refractivity contribution in [2.45, 2.75) is 219 Å². The quantitative estimate of drug-likeness (QED) is 0.369. The molecule has 1 rings (SSSR count). The Morgan fingerprint density at radius 1 is 0.314 bits per heavy atom. The van der Waals surface area contributed by atoms with Crippen LogP contribution in [0.2, 0.25) is 0 Å². The van der Waals surface area contributed by atoms with Crippen LogP contribution in [0.15, 0.2) is 0 Å². The Kier molecular flexibility index (Phi) is 27.0. The molecule has 0 bridgehead atoms. The van der Waals surface area contributed by atoms with Gasteiger partial charge in [-0.1, -0.05) is 219 Å². The predicted octanol–water partition coefficient (Wildman–Crippen LogP) is 13.5. The topological polar surface area (TPSA) is 0 Å². The van der Waals surface area contributed by atoms with Crippen LogP contribution in [0.3, 0.4) is 0 Å². The lowest BCUT2D eigenvalue weighted by molar-refractivity contribution is 0.370. The van der Waals surface area contributed by atoms with Crippen molar-refractivity contribution in [3.05, 3.63) is 0 Å². The van der Waals surface area contributed by atoms with Crippen LogP contribution in [0, 0.1) is 5.92 Å². The van der Waals surface area contributed by atoms with Gasteiger partial charge in [0.2, 0.25) is 0 Å². The van der Waals surface area contributed by atoms with E-state index in [9.17, 15) is 0 Å². The monoisotopic (exact) mass is 491 g/mol. The molecule has 1 saturated carbocycles. The van der Waals surface area contributed by atoms with Gasteiger partial charge in [-0.15, -0.1) is 0 Å². The fourth-order valence-electron chi connectivity index (χ4n) is 6.39. The molecule has 210 valence electrons. The highest BCUT2D eigenvalue weighted by molar-refractivity contribution is 4.62. The maximum Gasteiger partial charge on any atom is -0.0414 e. The van der Waals surface area contributed by atoms with E-state index in [4.69, 9.17) is 0 Å². The molecule has 1 aliphatic carbocycles. The third kappa shape index (κ3) is 25.4. The van der Waals surface area contributed by atoms with Gasteiger partial charge in [-0.3, -0.25) is 0 Å². The normalized spacial score (nSPS) is 23.2. The molecule has 0 unspecified atom stereocenters. The van der Waals surface area contributed by atoms with Gasteiger partial charge >= 0.3 is 0 Å². The van der Waals surface area contributed by atoms with Gasteiger partial charge < -0.3 is 0 Å². The molecule has 0 heterocycles. The first-order valence-corrected chi connectivity index (χ1v) is 17.4. The molecule has 35 heavy (non-hydrogen) atoms. The second-order valence-electron chi connectivity index (χ2n) is 12.5. The average Bonchev–Trinajstić information content (AvgIpc) is 2.87. The van der Waals surface area contributed by atoms with E-state index in [1.54, 1.807) is 0 Å². The lowest BCUT2D eigenvalue weighted by Crippen LogP contribution is -2.01. The SMILES string of the molecule is CCCCC1CCCCCCCCCCCCCCCCCCCCCCCCCCCCCC1. The Labute approximate surface area is 224 Å². The summed E-state index contributed by atoms with van der Waals surface area (Å²) in [4.78, 5) is 0. The van der Waals surface area contributed by atoms with E-state index < -0.39 is 0 Å². The van der Waals surface area contributed by atoms with Gasteiger partial charge in [0.25, 0.3) is 0 Å². The molecule has 0 aromatic carbocycles. The van der Waals surface area contributed by atoms with Crippen molar-refractivity contribution in [1.29, 1.82) is 0 Å². The Morgan fingerprint density at radius 3 is 0.714 bits per heavy atom. The third-order valence-electron chi connectivity index (χ3n) is 8.94. The standard InChI is InChI=1S/C35H70/c1-2-3-32-35-33-30-28-26-24-22-20-18-16-14-12-10-8-6-4-5-7-9-11-13-15-17-19-21-23-25-27-29-31-34-35/h35H,2-34H2,1H3. The number of hydrogen-bond donors (Lipinski definition) is 0. The molecular weight excluding hydrogens is 420 g/mol. The van der Waals surface area contributed by atoms with Crippen LogP contribution in [-0.2, 0) is 0 Å². The Balaban J connectivity index is 2.17. The van der Waals surface area contributed by atoms with E-state index in [1.807, 2.05) is 0 Å². The lowest BCUT2D eigenvalue weighted by atomic mass is 9.90. The average molecular weight is 491 g/mol. The molecule has 0 heteroatoms. The number of rotatable bonds is 3. The van der Waals surface area contributed by atoms with Crippen molar-refractivity contribution in [1.82, 2.24) is 0 Å². The molecule has 0 spiro atoms. The maximum atomic E-state index is 2.37. The summed E-state index contributed by atoms with van der Waals surface area (Å²) in [5, 5.41) is 0. The minimum atomic E-state index is 1.04. The number of hydrogen-bond acceptors (Lipinski definition) is 0. The van der Waals surface area contributed by atoms with Crippen molar-refractivity contribution >= 4 is 0 Å². The van der Waals surface area contributed by atoms with Crippen LogP contribution >= 0.6 is 0 Å². The molecule has 0 amide bonds. The van der Waals surface area contributed by atoms with Crippen molar-refractivity contribution in [2.24, 2.45) is 5.92 Å². The maximum absolute atomic E-state index is 2.37. The highest BCUT2D eigenvalue weighted by atomic mass is 14.1. The van der Waals surface area contributed by atoms with E-state index in [-0.39, 0.29) is 0 Å². The first kappa shape index (κ1) is 33.0. The largest absolute Gasteiger partial charge is 0.0654 e. The molecule has 0 N–H and O–H groups in total. The molecule has 0 aromatic rings. The van der Waals surface area contributed by atoms with E-state index in [0.29, 0.717) is 0 Å². The summed E-state index contributed by atoms with van der Waals surface area (Å²) in [6, 6.07) is 0. The van der Waals surface area contributed by atoms with Crippen LogP contribution in [0.25, 0.3) is 0 Å². The number of unbranched alkanes of at least 4 members (excludes halogenated alkanes) is 1. The van der Waals surface area contributed by atoms with Crippen molar-refractivity contribution < 1.29 is 0 Å². The van der Waals surface area contributed by atoms with Crippen molar-refractivity contribution in [3.63, 3.8) is 0 Å². The smallest absolute Gasteiger partial charge is 0.0414 e. The zero-order valence-corrected chi connectivity index (χ0v) is 24.9. The molecule has 0 radical (unpaired) electrons. The minimum absolute atomic E-state index is 1.04. The van der Waals surface area contributed by atoms with Crippen LogP contribution in [-0.4, -0.2) is 0 Å². The Hall–Kier alpha value is 0. The first-order valence-electron chi connectivity index (χ1n) is 17.4. The van der Waals surface area contributed by atoms with Crippen LogP contribution in [0.5, 0.6) is 0 Å². The van der Waals surface area contributed by atoms with Gasteiger partial charge in [0, 0.05) is 0 Å². The molecule has 1 fully saturated rings. The fourth-order valence-corrected chi connectivity index (χ4v) is 6.39. The summed E-state index contributed by atoms with van der Waals surface area (Å²) in [5.74, 6) is 1.04. The van der Waals surface area contributed by atoms with Crippen LogP contribution in [0.4, 0.5) is 0 Å². The van der Waals surface area contributed by atoms with E-state index in [0.717, 1.165) is 5.92 Å². The summed E-state index contributed by atoms with van der Waals surface area (Å²) in [6.07, 6.45) is 49.4. The summed E-state index contributed by atoms with van der Waals surface area (Å²) >= 11 is 0. The molecular formula is C35H70. The molecule has 0 aromatic heterocycles. The molecule has 0 saturated heterocycles. The first-order chi connectivity index (χ1) is 17.4. The van der Waals surface area contributed by atoms with Crippen LogP contribution in [0.1, 0.15) is 219 Å². The molecule has 0 aliphatic heterocycles. The summed E-state index contributed by atoms with van der Waals surface area (Å²) in [5.41, 5.74) is 0. The minimum Gasteiger partial charge on any atom is -0.0654 e. The summed E-state index contributed by atoms with van der Waals surface area (Å²) < 4.78 is 0. The Bertz CT molecular complexity index is 340. The van der Waals surface area contributed by atoms with Gasteiger partial charge in [-0.05, 0) is 5.92 Å². The molecule has 0 atom stereocenters. The van der Waals surface area contributed by atoms with Crippen LogP contribution < -0.4 is 0 Å². The van der Waals surface area contributed by atoms with Gasteiger partial charge in [0.15, 0.2) is 0 Å². The summed E-state index contributed by atoms with van der Waals surface area (Å²) in [6.45, 7) is 2.37. The second-order valence-corrected chi connectivity index (χ2v) is 12.5. The Morgan fingerprint density at radius 2 is 0.514 bits per heavy atom. The zero-order chi connectivity index (χ0) is 24.9. The van der Waals surface area contributed by atoms with E-state index in [2.05, 4.69) is 6.92 Å². The molecule has 1 aliphatic rings.